The molecule has 1 amide bonds. The zero-order chi connectivity index (χ0) is 16.9. The number of nitrogens with zero attached hydrogens (tertiary/aromatic N) is 2. The van der Waals surface area contributed by atoms with Gasteiger partial charge < -0.3 is 10.4 Å². The Hall–Kier alpha value is -2.66. The van der Waals surface area contributed by atoms with Crippen LogP contribution in [0, 0.1) is 0 Å². The van der Waals surface area contributed by atoms with Crippen molar-refractivity contribution in [3.63, 3.8) is 0 Å². The largest absolute Gasteiger partial charge is 0.394 e. The number of hydrogen-bond acceptors (Lipinski definition) is 2. The van der Waals surface area contributed by atoms with Crippen molar-refractivity contribution >= 4 is 16.9 Å². The lowest BCUT2D eigenvalue weighted by Gasteiger charge is -2.15. The predicted molar refractivity (Wildman–Crippen MR) is 92.3 cm³/mol. The summed E-state index contributed by atoms with van der Waals surface area (Å²) in [6, 6.07) is 17.5. The number of nitrogens with one attached hydrogen (secondary N) is 1. The molecule has 124 valence electrons. The van der Waals surface area contributed by atoms with E-state index in [1.807, 2.05) is 77.1 Å². The molecule has 1 atom stereocenters. The average molecular weight is 324 g/mol. The fraction of sp³-hybridized carbons (Fsp3) is 0.263. The van der Waals surface area contributed by atoms with Crippen molar-refractivity contribution in [2.75, 3.05) is 6.61 Å². The highest BCUT2D eigenvalue weighted by Crippen LogP contribution is 2.10. The Kier molecular flexibility index (Phi) is 4.91. The number of carbonyl (C=O) groups excluding carboxylic acids is 1. The molecule has 24 heavy (non-hydrogen) atoms. The molecule has 1 heterocycles. The molecule has 0 saturated heterocycles. The number of rotatable bonds is 6. The smallest absolute Gasteiger partial charge is 0.262 e. The molecular weight excluding hydrogens is 302 g/mol. The number of aryl methyl sites for hydroxylation is 1. The molecular formula is C19H22N3O2+. The van der Waals surface area contributed by atoms with Crippen LogP contribution in [-0.4, -0.2) is 28.2 Å². The van der Waals surface area contributed by atoms with Gasteiger partial charge in [-0.05, 0) is 24.1 Å². The Morgan fingerprint density at radius 1 is 1.17 bits per heavy atom. The minimum Gasteiger partial charge on any atom is -0.394 e. The number of benzene rings is 2. The first kappa shape index (κ1) is 16.2. The van der Waals surface area contributed by atoms with Gasteiger partial charge in [0.1, 0.15) is 0 Å². The molecule has 0 saturated carbocycles. The molecule has 0 spiro atoms. The second-order valence-electron chi connectivity index (χ2n) is 5.98. The normalized spacial score (nSPS) is 12.2. The van der Waals surface area contributed by atoms with E-state index in [2.05, 4.69) is 5.32 Å². The number of para-hydroxylation sites is 2. The molecule has 0 fully saturated rings. The number of hydrogen-bond donors (Lipinski definition) is 2. The maximum atomic E-state index is 12.4. The van der Waals surface area contributed by atoms with Gasteiger partial charge >= 0.3 is 0 Å². The number of aliphatic hydroxyl groups is 1. The van der Waals surface area contributed by atoms with Crippen LogP contribution in [0.5, 0.6) is 0 Å². The van der Waals surface area contributed by atoms with Gasteiger partial charge in [-0.15, -0.1) is 0 Å². The van der Waals surface area contributed by atoms with E-state index in [9.17, 15) is 9.90 Å². The number of imidazole rings is 1. The van der Waals surface area contributed by atoms with Crippen LogP contribution in [0.25, 0.3) is 11.0 Å². The number of carbonyl (C=O) groups is 1. The zero-order valence-corrected chi connectivity index (χ0v) is 13.7. The van der Waals surface area contributed by atoms with E-state index >= 15 is 0 Å². The van der Waals surface area contributed by atoms with Gasteiger partial charge in [0.15, 0.2) is 17.6 Å². The van der Waals surface area contributed by atoms with Gasteiger partial charge in [0, 0.05) is 0 Å². The molecule has 2 aromatic carbocycles. The summed E-state index contributed by atoms with van der Waals surface area (Å²) in [5.41, 5.74) is 3.18. The van der Waals surface area contributed by atoms with Gasteiger partial charge in [-0.2, -0.15) is 0 Å². The maximum absolute atomic E-state index is 12.4. The SMILES string of the molecule is C[n+]1cn(CC(=O)N[C@H](CO)Cc2ccccc2)c2ccccc21. The van der Waals surface area contributed by atoms with E-state index in [0.29, 0.717) is 6.42 Å². The quantitative estimate of drug-likeness (QED) is 0.669. The van der Waals surface area contributed by atoms with Gasteiger partial charge in [-0.25, -0.2) is 9.13 Å². The Balaban J connectivity index is 1.67. The van der Waals surface area contributed by atoms with Crippen molar-refractivity contribution in [1.29, 1.82) is 0 Å². The molecule has 3 aromatic rings. The van der Waals surface area contributed by atoms with Crippen LogP contribution in [0.4, 0.5) is 0 Å². The van der Waals surface area contributed by atoms with Crippen LogP contribution in [0.3, 0.4) is 0 Å². The van der Waals surface area contributed by atoms with Crippen LogP contribution in [0.2, 0.25) is 0 Å². The van der Waals surface area contributed by atoms with Crippen molar-refractivity contribution in [2.45, 2.75) is 19.0 Å². The van der Waals surface area contributed by atoms with Crippen LogP contribution in [-0.2, 0) is 24.8 Å². The summed E-state index contributed by atoms with van der Waals surface area (Å²) in [5, 5.41) is 12.5. The fourth-order valence-electron chi connectivity index (χ4n) is 2.95. The Bertz CT molecular complexity index is 827. The lowest BCUT2D eigenvalue weighted by molar-refractivity contribution is -0.645. The molecule has 0 unspecified atom stereocenters. The molecule has 2 N–H and O–H groups in total. The fourth-order valence-corrected chi connectivity index (χ4v) is 2.95. The number of aromatic nitrogens is 2. The Morgan fingerprint density at radius 2 is 1.88 bits per heavy atom. The standard InChI is InChI=1S/C19H21N3O2/c1-21-14-22(18-10-6-5-9-17(18)21)12-19(24)20-16(13-23)11-15-7-3-2-4-8-15/h2-10,14,16,23H,11-13H2,1H3/p+1/t16-/m0/s1. The minimum absolute atomic E-state index is 0.0825. The summed E-state index contributed by atoms with van der Waals surface area (Å²) in [4.78, 5) is 12.4. The molecule has 0 radical (unpaired) electrons. The number of fused-ring (bicyclic) bond motifs is 1. The van der Waals surface area contributed by atoms with E-state index in [4.69, 9.17) is 0 Å². The monoisotopic (exact) mass is 324 g/mol. The Morgan fingerprint density at radius 3 is 2.62 bits per heavy atom. The Labute approximate surface area is 141 Å². The van der Waals surface area contributed by atoms with Crippen LogP contribution >= 0.6 is 0 Å². The van der Waals surface area contributed by atoms with Crippen LogP contribution < -0.4 is 9.88 Å². The minimum atomic E-state index is -0.282. The lowest BCUT2D eigenvalue weighted by Crippen LogP contribution is -2.40. The van der Waals surface area contributed by atoms with Gasteiger partial charge in [-0.3, -0.25) is 4.79 Å². The molecule has 0 aliphatic carbocycles. The lowest BCUT2D eigenvalue weighted by atomic mass is 10.1. The van der Waals surface area contributed by atoms with E-state index in [1.165, 1.54) is 0 Å². The molecule has 1 aromatic heterocycles. The molecule has 0 aliphatic rings. The van der Waals surface area contributed by atoms with Gasteiger partial charge in [0.25, 0.3) is 5.91 Å². The van der Waals surface area contributed by atoms with Gasteiger partial charge in [0.2, 0.25) is 6.33 Å². The van der Waals surface area contributed by atoms with E-state index in [1.54, 1.807) is 0 Å². The molecule has 0 bridgehead atoms. The molecule has 5 heteroatoms. The van der Waals surface area contributed by atoms with Crippen LogP contribution in [0.1, 0.15) is 5.56 Å². The predicted octanol–water partition coefficient (Wildman–Crippen LogP) is 1.19. The van der Waals surface area contributed by atoms with E-state index in [-0.39, 0.29) is 25.1 Å². The molecule has 3 rings (SSSR count). The van der Waals surface area contributed by atoms with Crippen LogP contribution in [0.15, 0.2) is 60.9 Å². The summed E-state index contributed by atoms with van der Waals surface area (Å²) in [5.74, 6) is -0.105. The number of aliphatic hydroxyl groups excluding tert-OH is 1. The zero-order valence-electron chi connectivity index (χ0n) is 13.7. The van der Waals surface area contributed by atoms with Crippen molar-refractivity contribution < 1.29 is 14.5 Å². The highest BCUT2D eigenvalue weighted by Gasteiger charge is 2.18. The highest BCUT2D eigenvalue weighted by molar-refractivity contribution is 5.79. The summed E-state index contributed by atoms with van der Waals surface area (Å²) in [6.45, 7) is 0.146. The van der Waals surface area contributed by atoms with Crippen molar-refractivity contribution in [1.82, 2.24) is 9.88 Å². The van der Waals surface area contributed by atoms with E-state index < -0.39 is 0 Å². The third kappa shape index (κ3) is 3.63. The van der Waals surface area contributed by atoms with Crippen molar-refractivity contribution in [3.05, 3.63) is 66.5 Å². The maximum Gasteiger partial charge on any atom is 0.262 e. The third-order valence-corrected chi connectivity index (χ3v) is 4.11. The molecule has 5 nitrogen and oxygen atoms in total. The first-order valence-corrected chi connectivity index (χ1v) is 8.05. The molecule has 0 aliphatic heterocycles. The van der Waals surface area contributed by atoms with Crippen molar-refractivity contribution in [3.8, 4) is 0 Å². The summed E-state index contributed by atoms with van der Waals surface area (Å²) in [7, 11) is 1.96. The van der Waals surface area contributed by atoms with Gasteiger partial charge in [0.05, 0.1) is 19.7 Å². The summed E-state index contributed by atoms with van der Waals surface area (Å²) in [6.07, 6.45) is 2.53. The summed E-state index contributed by atoms with van der Waals surface area (Å²) < 4.78 is 3.91. The topological polar surface area (TPSA) is 58.1 Å². The summed E-state index contributed by atoms with van der Waals surface area (Å²) >= 11 is 0. The average Bonchev–Trinajstić information content (AvgIpc) is 2.91. The van der Waals surface area contributed by atoms with Gasteiger partial charge in [-0.1, -0.05) is 42.5 Å². The second-order valence-corrected chi connectivity index (χ2v) is 5.98. The van der Waals surface area contributed by atoms with E-state index in [0.717, 1.165) is 16.6 Å². The highest BCUT2D eigenvalue weighted by atomic mass is 16.3. The first-order valence-electron chi connectivity index (χ1n) is 8.05. The third-order valence-electron chi connectivity index (χ3n) is 4.11. The first-order chi connectivity index (χ1) is 11.7. The number of amides is 1. The second kappa shape index (κ2) is 7.27. The van der Waals surface area contributed by atoms with Crippen molar-refractivity contribution in [2.24, 2.45) is 7.05 Å².